The Morgan fingerprint density at radius 2 is 1.92 bits per heavy atom. The topological polar surface area (TPSA) is 45.2 Å². The van der Waals surface area contributed by atoms with Gasteiger partial charge in [-0.25, -0.2) is 4.98 Å². The van der Waals surface area contributed by atoms with Gasteiger partial charge in [0, 0.05) is 31.1 Å². The quantitative estimate of drug-likeness (QED) is 0.862. The summed E-state index contributed by atoms with van der Waals surface area (Å²) < 4.78 is 0. The van der Waals surface area contributed by atoms with Gasteiger partial charge in [-0.1, -0.05) is 36.4 Å². The lowest BCUT2D eigenvalue weighted by molar-refractivity contribution is -0.121. The summed E-state index contributed by atoms with van der Waals surface area (Å²) in [7, 11) is 0. The van der Waals surface area contributed by atoms with Crippen LogP contribution in [0.1, 0.15) is 25.3 Å². The zero-order valence-corrected chi connectivity index (χ0v) is 15.4. The third kappa shape index (κ3) is 5.23. The standard InChI is InChI=1S/C20H25N3OS/c1-16(25-15-17-7-3-2-4-8-17)20(24)22-18-10-13-23(14-11-18)19-9-5-6-12-21-19/h2-9,12,16,18H,10-11,13-15H2,1H3,(H,22,24)/t16-/m0/s1. The summed E-state index contributed by atoms with van der Waals surface area (Å²) in [4.78, 5) is 19.1. The Morgan fingerprint density at radius 3 is 2.60 bits per heavy atom. The maximum atomic E-state index is 12.4. The van der Waals surface area contributed by atoms with Crippen LogP contribution in [-0.4, -0.2) is 35.3 Å². The van der Waals surface area contributed by atoms with Gasteiger partial charge in [-0.05, 0) is 37.5 Å². The Labute approximate surface area is 154 Å². The SMILES string of the molecule is C[C@H](SCc1ccccc1)C(=O)NC1CCN(c2ccccn2)CC1. The van der Waals surface area contributed by atoms with E-state index in [2.05, 4.69) is 27.3 Å². The highest BCUT2D eigenvalue weighted by molar-refractivity contribution is 7.99. The molecule has 0 radical (unpaired) electrons. The van der Waals surface area contributed by atoms with E-state index in [0.29, 0.717) is 0 Å². The molecule has 0 bridgehead atoms. The maximum absolute atomic E-state index is 12.4. The van der Waals surface area contributed by atoms with Crippen LogP contribution in [-0.2, 0) is 10.5 Å². The van der Waals surface area contributed by atoms with Gasteiger partial charge in [-0.2, -0.15) is 0 Å². The molecule has 0 saturated carbocycles. The van der Waals surface area contributed by atoms with Crippen LogP contribution in [0.15, 0.2) is 54.7 Å². The average Bonchev–Trinajstić information content (AvgIpc) is 2.68. The fraction of sp³-hybridized carbons (Fsp3) is 0.400. The fourth-order valence-electron chi connectivity index (χ4n) is 2.98. The van der Waals surface area contributed by atoms with Gasteiger partial charge < -0.3 is 10.2 Å². The lowest BCUT2D eigenvalue weighted by atomic mass is 10.0. The molecule has 1 atom stereocenters. The highest BCUT2D eigenvalue weighted by atomic mass is 32.2. The van der Waals surface area contributed by atoms with E-state index in [1.807, 2.05) is 49.5 Å². The van der Waals surface area contributed by atoms with Crippen LogP contribution in [0.4, 0.5) is 5.82 Å². The van der Waals surface area contributed by atoms with Crippen molar-refractivity contribution < 1.29 is 4.79 Å². The molecular formula is C20H25N3OS. The summed E-state index contributed by atoms with van der Waals surface area (Å²) in [6.45, 7) is 3.87. The second kappa shape index (κ2) is 8.90. The smallest absolute Gasteiger partial charge is 0.233 e. The molecule has 132 valence electrons. The number of carbonyl (C=O) groups is 1. The molecule has 1 N–H and O–H groups in total. The molecule has 2 aromatic rings. The van der Waals surface area contributed by atoms with E-state index in [4.69, 9.17) is 0 Å². The van der Waals surface area contributed by atoms with Gasteiger partial charge in [0.1, 0.15) is 5.82 Å². The zero-order valence-electron chi connectivity index (χ0n) is 14.6. The van der Waals surface area contributed by atoms with Gasteiger partial charge in [0.2, 0.25) is 5.91 Å². The summed E-state index contributed by atoms with van der Waals surface area (Å²) in [5.41, 5.74) is 1.26. The molecule has 1 saturated heterocycles. The normalized spacial score (nSPS) is 16.4. The highest BCUT2D eigenvalue weighted by Gasteiger charge is 2.23. The van der Waals surface area contributed by atoms with E-state index in [-0.39, 0.29) is 17.2 Å². The minimum atomic E-state index is -0.0333. The van der Waals surface area contributed by atoms with Crippen molar-refractivity contribution in [3.8, 4) is 0 Å². The molecule has 4 nitrogen and oxygen atoms in total. The molecule has 1 aliphatic heterocycles. The number of hydrogen-bond donors (Lipinski definition) is 1. The van der Waals surface area contributed by atoms with Crippen molar-refractivity contribution in [3.63, 3.8) is 0 Å². The Balaban J connectivity index is 1.41. The predicted octanol–water partition coefficient (Wildman–Crippen LogP) is 3.49. The Kier molecular flexibility index (Phi) is 6.34. The number of aromatic nitrogens is 1. The van der Waals surface area contributed by atoms with E-state index in [1.54, 1.807) is 11.8 Å². The van der Waals surface area contributed by atoms with Crippen molar-refractivity contribution >= 4 is 23.5 Å². The third-order valence-electron chi connectivity index (χ3n) is 4.53. The Bertz CT molecular complexity index is 657. The number of nitrogens with one attached hydrogen (secondary N) is 1. The number of hydrogen-bond acceptors (Lipinski definition) is 4. The number of anilines is 1. The van der Waals surface area contributed by atoms with Gasteiger partial charge in [0.25, 0.3) is 0 Å². The van der Waals surface area contributed by atoms with Gasteiger partial charge in [-0.15, -0.1) is 11.8 Å². The van der Waals surface area contributed by atoms with Crippen LogP contribution in [0, 0.1) is 0 Å². The molecule has 1 fully saturated rings. The predicted molar refractivity (Wildman–Crippen MR) is 105 cm³/mol. The van der Waals surface area contributed by atoms with Crippen molar-refractivity contribution in [1.82, 2.24) is 10.3 Å². The van der Waals surface area contributed by atoms with Crippen LogP contribution >= 0.6 is 11.8 Å². The monoisotopic (exact) mass is 355 g/mol. The molecule has 1 aromatic carbocycles. The number of benzene rings is 1. The summed E-state index contributed by atoms with van der Waals surface area (Å²) in [6.07, 6.45) is 3.77. The second-order valence-electron chi connectivity index (χ2n) is 6.40. The Hall–Kier alpha value is -2.01. The lowest BCUT2D eigenvalue weighted by Crippen LogP contribution is -2.46. The van der Waals surface area contributed by atoms with Crippen molar-refractivity contribution in [1.29, 1.82) is 0 Å². The number of piperidine rings is 1. The molecule has 3 rings (SSSR count). The van der Waals surface area contributed by atoms with Crippen molar-refractivity contribution in [3.05, 3.63) is 60.3 Å². The first-order valence-electron chi connectivity index (χ1n) is 8.84. The number of amides is 1. The van der Waals surface area contributed by atoms with E-state index in [0.717, 1.165) is 37.5 Å². The summed E-state index contributed by atoms with van der Waals surface area (Å²) >= 11 is 1.69. The molecule has 25 heavy (non-hydrogen) atoms. The van der Waals surface area contributed by atoms with E-state index in [1.165, 1.54) is 5.56 Å². The van der Waals surface area contributed by atoms with Crippen LogP contribution in [0.3, 0.4) is 0 Å². The number of rotatable bonds is 6. The molecule has 0 unspecified atom stereocenters. The summed E-state index contributed by atoms with van der Waals surface area (Å²) in [5.74, 6) is 2.05. The van der Waals surface area contributed by atoms with Crippen LogP contribution in [0.2, 0.25) is 0 Å². The van der Waals surface area contributed by atoms with Crippen LogP contribution in [0.5, 0.6) is 0 Å². The first-order chi connectivity index (χ1) is 12.2. The molecule has 2 heterocycles. The molecule has 0 spiro atoms. The van der Waals surface area contributed by atoms with Gasteiger partial charge in [0.15, 0.2) is 0 Å². The minimum absolute atomic E-state index is 0.0333. The van der Waals surface area contributed by atoms with Crippen LogP contribution in [0.25, 0.3) is 0 Å². The summed E-state index contributed by atoms with van der Waals surface area (Å²) in [6, 6.07) is 16.6. The van der Waals surface area contributed by atoms with E-state index in [9.17, 15) is 4.79 Å². The molecule has 1 aliphatic rings. The van der Waals surface area contributed by atoms with Gasteiger partial charge in [-0.3, -0.25) is 4.79 Å². The van der Waals surface area contributed by atoms with Crippen molar-refractivity contribution in [2.75, 3.05) is 18.0 Å². The molecule has 1 amide bonds. The van der Waals surface area contributed by atoms with Crippen molar-refractivity contribution in [2.24, 2.45) is 0 Å². The number of pyridine rings is 1. The third-order valence-corrected chi connectivity index (χ3v) is 5.74. The largest absolute Gasteiger partial charge is 0.356 e. The molecular weight excluding hydrogens is 330 g/mol. The fourth-order valence-corrected chi connectivity index (χ4v) is 3.84. The first-order valence-corrected chi connectivity index (χ1v) is 9.89. The van der Waals surface area contributed by atoms with E-state index < -0.39 is 0 Å². The van der Waals surface area contributed by atoms with Crippen molar-refractivity contribution in [2.45, 2.75) is 36.8 Å². The molecule has 1 aromatic heterocycles. The number of nitrogens with zero attached hydrogens (tertiary/aromatic N) is 2. The van der Waals surface area contributed by atoms with Crippen LogP contribution < -0.4 is 10.2 Å². The Morgan fingerprint density at radius 1 is 1.20 bits per heavy atom. The lowest BCUT2D eigenvalue weighted by Gasteiger charge is -2.33. The van der Waals surface area contributed by atoms with E-state index >= 15 is 0 Å². The van der Waals surface area contributed by atoms with Gasteiger partial charge >= 0.3 is 0 Å². The minimum Gasteiger partial charge on any atom is -0.356 e. The highest BCUT2D eigenvalue weighted by Crippen LogP contribution is 2.20. The van der Waals surface area contributed by atoms with Gasteiger partial charge in [0.05, 0.1) is 5.25 Å². The zero-order chi connectivity index (χ0) is 17.5. The maximum Gasteiger partial charge on any atom is 0.233 e. The number of carbonyl (C=O) groups excluding carboxylic acids is 1. The average molecular weight is 356 g/mol. The molecule has 0 aliphatic carbocycles. The first kappa shape index (κ1) is 17.8. The molecule has 5 heteroatoms. The second-order valence-corrected chi connectivity index (χ2v) is 7.73. The number of thioether (sulfide) groups is 1. The summed E-state index contributed by atoms with van der Waals surface area (Å²) in [5, 5.41) is 3.19.